The van der Waals surface area contributed by atoms with Crippen molar-refractivity contribution in [2.45, 2.75) is 50.0 Å². The van der Waals surface area contributed by atoms with E-state index >= 15 is 0 Å². The maximum Gasteiger partial charge on any atom is 0.251 e. The van der Waals surface area contributed by atoms with E-state index in [1.54, 1.807) is 6.92 Å². The Morgan fingerprint density at radius 3 is 2.48 bits per heavy atom. The normalized spacial score (nSPS) is 16.7. The van der Waals surface area contributed by atoms with Crippen molar-refractivity contribution >= 4 is 27.5 Å². The van der Waals surface area contributed by atoms with Crippen LogP contribution in [0.25, 0.3) is 0 Å². The van der Waals surface area contributed by atoms with Gasteiger partial charge in [0.05, 0.1) is 4.90 Å². The smallest absolute Gasteiger partial charge is 0.251 e. The zero-order valence-corrected chi connectivity index (χ0v) is 13.4. The lowest BCUT2D eigenvalue weighted by atomic mass is 9.95. The molecule has 1 aliphatic carbocycles. The molecule has 1 saturated carbocycles. The van der Waals surface area contributed by atoms with E-state index in [0.29, 0.717) is 5.56 Å². The molecule has 1 aromatic carbocycles. The van der Waals surface area contributed by atoms with Gasteiger partial charge in [0.2, 0.25) is 10.0 Å². The number of amides is 1. The molecule has 0 atom stereocenters. The number of primary sulfonamides is 1. The molecule has 0 heterocycles. The Bertz CT molecular complexity index is 652. The van der Waals surface area contributed by atoms with Gasteiger partial charge in [-0.25, -0.2) is 13.6 Å². The Hall–Kier alpha value is -1.11. The van der Waals surface area contributed by atoms with Crippen LogP contribution in [0.4, 0.5) is 0 Å². The van der Waals surface area contributed by atoms with Gasteiger partial charge in [-0.15, -0.1) is 0 Å². The number of carbonyl (C=O) groups excluding carboxylic acids is 1. The first-order chi connectivity index (χ1) is 9.79. The van der Waals surface area contributed by atoms with Crippen molar-refractivity contribution in [3.05, 3.63) is 28.3 Å². The number of carbonyl (C=O) groups is 1. The second-order valence-electron chi connectivity index (χ2n) is 5.43. The molecule has 1 aromatic rings. The number of nitrogens with two attached hydrogens (primary N) is 1. The van der Waals surface area contributed by atoms with Gasteiger partial charge >= 0.3 is 0 Å². The van der Waals surface area contributed by atoms with E-state index in [9.17, 15) is 13.2 Å². The van der Waals surface area contributed by atoms with Gasteiger partial charge in [0, 0.05) is 16.6 Å². The third kappa shape index (κ3) is 3.96. The lowest BCUT2D eigenvalue weighted by molar-refractivity contribution is 0.0927. The van der Waals surface area contributed by atoms with Gasteiger partial charge in [-0.05, 0) is 37.5 Å². The Kier molecular flexibility index (Phi) is 4.91. The molecule has 0 saturated heterocycles. The number of sulfonamides is 1. The standard InChI is InChI=1S/C14H19ClN2O3S/c1-9-12(7-10(15)8-13(9)21(16,19)20)14(18)17-11-5-3-2-4-6-11/h7-8,11H,2-6H2,1H3,(H,17,18)(H2,16,19,20). The van der Waals surface area contributed by atoms with Gasteiger partial charge in [0.1, 0.15) is 0 Å². The van der Waals surface area contributed by atoms with E-state index in [4.69, 9.17) is 16.7 Å². The second-order valence-corrected chi connectivity index (χ2v) is 7.40. The average Bonchev–Trinajstić information content (AvgIpc) is 2.40. The molecular weight excluding hydrogens is 312 g/mol. The monoisotopic (exact) mass is 330 g/mol. The van der Waals surface area contributed by atoms with Crippen LogP contribution in [0.5, 0.6) is 0 Å². The Labute approximate surface area is 129 Å². The molecular formula is C14H19ClN2O3S. The summed E-state index contributed by atoms with van der Waals surface area (Å²) in [5.74, 6) is -0.299. The highest BCUT2D eigenvalue weighted by atomic mass is 35.5. The minimum absolute atomic E-state index is 0.108. The molecule has 0 aliphatic heterocycles. The van der Waals surface area contributed by atoms with Crippen LogP contribution in [0.3, 0.4) is 0 Å². The first-order valence-corrected chi connectivity index (χ1v) is 8.85. The quantitative estimate of drug-likeness (QED) is 0.891. The summed E-state index contributed by atoms with van der Waals surface area (Å²) in [6.07, 6.45) is 5.29. The number of nitrogens with one attached hydrogen (secondary N) is 1. The molecule has 1 amide bonds. The van der Waals surface area contributed by atoms with Crippen molar-refractivity contribution < 1.29 is 13.2 Å². The molecule has 0 aromatic heterocycles. The van der Waals surface area contributed by atoms with E-state index in [2.05, 4.69) is 5.32 Å². The first kappa shape index (κ1) is 16.3. The third-order valence-electron chi connectivity index (χ3n) is 3.82. The van der Waals surface area contributed by atoms with Crippen LogP contribution in [0.1, 0.15) is 48.0 Å². The van der Waals surface area contributed by atoms with Gasteiger partial charge in [-0.3, -0.25) is 4.79 Å². The molecule has 3 N–H and O–H groups in total. The molecule has 7 heteroatoms. The summed E-state index contributed by atoms with van der Waals surface area (Å²) in [6, 6.07) is 2.88. The van der Waals surface area contributed by atoms with Crippen LogP contribution < -0.4 is 10.5 Å². The van der Waals surface area contributed by atoms with Crippen LogP contribution in [0.2, 0.25) is 5.02 Å². The first-order valence-electron chi connectivity index (χ1n) is 6.93. The molecule has 0 bridgehead atoms. The number of rotatable bonds is 3. The van der Waals surface area contributed by atoms with Crippen LogP contribution in [-0.2, 0) is 10.0 Å². The summed E-state index contributed by atoms with van der Waals surface area (Å²) in [5, 5.41) is 8.29. The average molecular weight is 331 g/mol. The van der Waals surface area contributed by atoms with Crippen LogP contribution in [0.15, 0.2) is 17.0 Å². The summed E-state index contributed by atoms with van der Waals surface area (Å²) < 4.78 is 23.1. The van der Waals surface area contributed by atoms with E-state index in [1.165, 1.54) is 18.6 Å². The topological polar surface area (TPSA) is 89.3 Å². The van der Waals surface area contributed by atoms with Gasteiger partial charge in [0.15, 0.2) is 0 Å². The zero-order valence-electron chi connectivity index (χ0n) is 11.9. The largest absolute Gasteiger partial charge is 0.349 e. The summed E-state index contributed by atoms with van der Waals surface area (Å²) in [7, 11) is -3.91. The van der Waals surface area contributed by atoms with Gasteiger partial charge in [-0.2, -0.15) is 0 Å². The summed E-state index contributed by atoms with van der Waals surface area (Å²) in [5.41, 5.74) is 0.590. The third-order valence-corrected chi connectivity index (χ3v) is 5.07. The molecule has 2 rings (SSSR count). The van der Waals surface area contributed by atoms with Crippen LogP contribution in [-0.4, -0.2) is 20.4 Å². The summed E-state index contributed by atoms with van der Waals surface area (Å²) in [4.78, 5) is 12.3. The summed E-state index contributed by atoms with van der Waals surface area (Å²) >= 11 is 5.91. The zero-order chi connectivity index (χ0) is 15.6. The van der Waals surface area contributed by atoms with Gasteiger partial charge < -0.3 is 5.32 Å². The van der Waals surface area contributed by atoms with Crippen molar-refractivity contribution in [1.29, 1.82) is 0 Å². The van der Waals surface area contributed by atoms with Crippen molar-refractivity contribution in [1.82, 2.24) is 5.32 Å². The van der Waals surface area contributed by atoms with E-state index in [-0.39, 0.29) is 27.4 Å². The number of hydrogen-bond donors (Lipinski definition) is 2. The molecule has 1 fully saturated rings. The molecule has 0 radical (unpaired) electrons. The predicted octanol–water partition coefficient (Wildman–Crippen LogP) is 2.36. The van der Waals surface area contributed by atoms with Gasteiger partial charge in [0.25, 0.3) is 5.91 Å². The van der Waals surface area contributed by atoms with E-state index in [1.807, 2.05) is 0 Å². The fourth-order valence-electron chi connectivity index (χ4n) is 2.70. The minimum atomic E-state index is -3.91. The van der Waals surface area contributed by atoms with E-state index < -0.39 is 10.0 Å². The Balaban J connectivity index is 2.30. The van der Waals surface area contributed by atoms with E-state index in [0.717, 1.165) is 25.7 Å². The van der Waals surface area contributed by atoms with Gasteiger partial charge in [-0.1, -0.05) is 30.9 Å². The molecule has 21 heavy (non-hydrogen) atoms. The highest BCUT2D eigenvalue weighted by Gasteiger charge is 2.22. The lowest BCUT2D eigenvalue weighted by Crippen LogP contribution is -2.36. The highest BCUT2D eigenvalue weighted by Crippen LogP contribution is 2.24. The predicted molar refractivity (Wildman–Crippen MR) is 81.9 cm³/mol. The van der Waals surface area contributed by atoms with Crippen LogP contribution >= 0.6 is 11.6 Å². The van der Waals surface area contributed by atoms with Crippen molar-refractivity contribution in [3.8, 4) is 0 Å². The fourth-order valence-corrected chi connectivity index (χ4v) is 3.81. The maximum absolute atomic E-state index is 12.4. The second kappa shape index (κ2) is 6.34. The highest BCUT2D eigenvalue weighted by molar-refractivity contribution is 7.89. The fraction of sp³-hybridized carbons (Fsp3) is 0.500. The maximum atomic E-state index is 12.4. The van der Waals surface area contributed by atoms with Crippen LogP contribution in [0, 0.1) is 6.92 Å². The van der Waals surface area contributed by atoms with Crippen molar-refractivity contribution in [3.63, 3.8) is 0 Å². The molecule has 1 aliphatic rings. The number of benzene rings is 1. The number of hydrogen-bond acceptors (Lipinski definition) is 3. The van der Waals surface area contributed by atoms with Crippen molar-refractivity contribution in [2.75, 3.05) is 0 Å². The SMILES string of the molecule is Cc1c(C(=O)NC2CCCCC2)cc(Cl)cc1S(N)(=O)=O. The number of halogens is 1. The Morgan fingerprint density at radius 2 is 1.90 bits per heavy atom. The summed E-state index contributed by atoms with van der Waals surface area (Å²) in [6.45, 7) is 1.56. The molecule has 116 valence electrons. The molecule has 5 nitrogen and oxygen atoms in total. The minimum Gasteiger partial charge on any atom is -0.349 e. The molecule has 0 unspecified atom stereocenters. The molecule has 0 spiro atoms. The van der Waals surface area contributed by atoms with Crippen molar-refractivity contribution in [2.24, 2.45) is 5.14 Å². The Morgan fingerprint density at radius 1 is 1.29 bits per heavy atom. The lowest BCUT2D eigenvalue weighted by Gasteiger charge is -2.23.